The summed E-state index contributed by atoms with van der Waals surface area (Å²) in [5, 5.41) is 8.78. The molecule has 1 aromatic carbocycles. The number of hydrogen-bond donors (Lipinski definition) is 1. The van der Waals surface area contributed by atoms with Gasteiger partial charge in [0.15, 0.2) is 0 Å². The van der Waals surface area contributed by atoms with Gasteiger partial charge in [0.05, 0.1) is 6.61 Å². The molecule has 1 aliphatic heterocycles. The quantitative estimate of drug-likeness (QED) is 0.832. The van der Waals surface area contributed by atoms with E-state index < -0.39 is 5.97 Å². The van der Waals surface area contributed by atoms with E-state index in [2.05, 4.69) is 17.0 Å². The Bertz CT molecular complexity index is 401. The summed E-state index contributed by atoms with van der Waals surface area (Å²) in [5.41, 5.74) is 1.17. The van der Waals surface area contributed by atoms with Gasteiger partial charge in [0.1, 0.15) is 0 Å². The van der Waals surface area contributed by atoms with Crippen LogP contribution < -0.4 is 4.90 Å². The lowest BCUT2D eigenvalue weighted by molar-refractivity contribution is -0.137. The van der Waals surface area contributed by atoms with Gasteiger partial charge < -0.3 is 14.7 Å². The molecule has 0 radical (unpaired) electrons. The summed E-state index contributed by atoms with van der Waals surface area (Å²) in [7, 11) is 0. The first kappa shape index (κ1) is 14.9. The SMILES string of the molecule is O=C(O)CCCN(CC1CCCOC1)c1ccccc1. The molecule has 1 saturated heterocycles. The van der Waals surface area contributed by atoms with Crippen molar-refractivity contribution in [2.75, 3.05) is 31.2 Å². The number of para-hydroxylation sites is 1. The summed E-state index contributed by atoms with van der Waals surface area (Å²) < 4.78 is 5.54. The fraction of sp³-hybridized carbons (Fsp3) is 0.562. The summed E-state index contributed by atoms with van der Waals surface area (Å²) in [6.07, 6.45) is 3.23. The monoisotopic (exact) mass is 277 g/mol. The third-order valence-corrected chi connectivity index (χ3v) is 3.67. The number of aliphatic carboxylic acids is 1. The van der Waals surface area contributed by atoms with E-state index >= 15 is 0 Å². The van der Waals surface area contributed by atoms with Crippen molar-refractivity contribution >= 4 is 11.7 Å². The minimum atomic E-state index is -0.723. The van der Waals surface area contributed by atoms with Crippen molar-refractivity contribution in [2.24, 2.45) is 5.92 Å². The summed E-state index contributed by atoms with van der Waals surface area (Å²) in [5.74, 6) is -0.173. The van der Waals surface area contributed by atoms with Crippen LogP contribution in [0.5, 0.6) is 0 Å². The molecule has 0 aliphatic carbocycles. The number of carboxylic acid groups (broad SMARTS) is 1. The molecule has 4 heteroatoms. The Morgan fingerprint density at radius 3 is 2.80 bits per heavy atom. The minimum absolute atomic E-state index is 0.227. The van der Waals surface area contributed by atoms with Crippen molar-refractivity contribution in [2.45, 2.75) is 25.7 Å². The lowest BCUT2D eigenvalue weighted by Crippen LogP contribution is -2.34. The second kappa shape index (κ2) is 7.90. The smallest absolute Gasteiger partial charge is 0.303 e. The van der Waals surface area contributed by atoms with Gasteiger partial charge in [-0.05, 0) is 37.3 Å². The van der Waals surface area contributed by atoms with Crippen molar-refractivity contribution in [3.63, 3.8) is 0 Å². The molecule has 1 aromatic rings. The third kappa shape index (κ3) is 4.85. The molecule has 0 saturated carbocycles. The predicted molar refractivity (Wildman–Crippen MR) is 79.1 cm³/mol. The molecule has 2 rings (SSSR count). The zero-order valence-electron chi connectivity index (χ0n) is 11.8. The summed E-state index contributed by atoms with van der Waals surface area (Å²) in [6, 6.07) is 10.2. The highest BCUT2D eigenvalue weighted by atomic mass is 16.5. The van der Waals surface area contributed by atoms with Crippen LogP contribution in [0.15, 0.2) is 30.3 Å². The van der Waals surface area contributed by atoms with Crippen LogP contribution in [-0.2, 0) is 9.53 Å². The van der Waals surface area contributed by atoms with Crippen LogP contribution in [0.2, 0.25) is 0 Å². The van der Waals surface area contributed by atoms with Crippen molar-refractivity contribution in [1.82, 2.24) is 0 Å². The van der Waals surface area contributed by atoms with Gasteiger partial charge in [-0.2, -0.15) is 0 Å². The van der Waals surface area contributed by atoms with Crippen LogP contribution in [0, 0.1) is 5.92 Å². The molecule has 0 spiro atoms. The molecule has 4 nitrogen and oxygen atoms in total. The normalized spacial score (nSPS) is 18.7. The van der Waals surface area contributed by atoms with E-state index in [9.17, 15) is 4.79 Å². The number of anilines is 1. The van der Waals surface area contributed by atoms with Crippen molar-refractivity contribution in [3.05, 3.63) is 30.3 Å². The predicted octanol–water partition coefficient (Wildman–Crippen LogP) is 2.78. The average Bonchev–Trinajstić information content (AvgIpc) is 2.48. The maximum absolute atomic E-state index is 10.7. The van der Waals surface area contributed by atoms with Crippen LogP contribution in [0.25, 0.3) is 0 Å². The number of ether oxygens (including phenoxy) is 1. The topological polar surface area (TPSA) is 49.8 Å². The molecule has 110 valence electrons. The average molecular weight is 277 g/mol. The molecule has 0 bridgehead atoms. The summed E-state index contributed by atoms with van der Waals surface area (Å²) in [6.45, 7) is 3.43. The highest BCUT2D eigenvalue weighted by molar-refractivity contribution is 5.66. The third-order valence-electron chi connectivity index (χ3n) is 3.67. The van der Waals surface area contributed by atoms with Gasteiger partial charge in [-0.25, -0.2) is 0 Å². The van der Waals surface area contributed by atoms with Crippen molar-refractivity contribution < 1.29 is 14.6 Å². The molecule has 1 atom stereocenters. The first-order valence-electron chi connectivity index (χ1n) is 7.35. The van der Waals surface area contributed by atoms with Crippen LogP contribution in [0.1, 0.15) is 25.7 Å². The Kier molecular flexibility index (Phi) is 5.87. The maximum Gasteiger partial charge on any atom is 0.303 e. The van der Waals surface area contributed by atoms with Crippen molar-refractivity contribution in [1.29, 1.82) is 0 Å². The molecule has 1 heterocycles. The first-order chi connectivity index (χ1) is 9.75. The zero-order valence-corrected chi connectivity index (χ0v) is 11.8. The summed E-state index contributed by atoms with van der Waals surface area (Å²) in [4.78, 5) is 13.0. The fourth-order valence-corrected chi connectivity index (χ4v) is 2.65. The van der Waals surface area contributed by atoms with E-state index in [0.717, 1.165) is 32.7 Å². The molecular weight excluding hydrogens is 254 g/mol. The van der Waals surface area contributed by atoms with E-state index in [1.54, 1.807) is 0 Å². The van der Waals surface area contributed by atoms with Crippen LogP contribution in [0.3, 0.4) is 0 Å². The number of nitrogens with zero attached hydrogens (tertiary/aromatic N) is 1. The van der Waals surface area contributed by atoms with E-state index in [0.29, 0.717) is 12.3 Å². The Hall–Kier alpha value is -1.55. The molecule has 0 amide bonds. The first-order valence-corrected chi connectivity index (χ1v) is 7.35. The molecule has 1 aliphatic rings. The second-order valence-electron chi connectivity index (χ2n) is 5.36. The van der Waals surface area contributed by atoms with E-state index in [4.69, 9.17) is 9.84 Å². The Labute approximate surface area is 120 Å². The van der Waals surface area contributed by atoms with Gasteiger partial charge in [0.2, 0.25) is 0 Å². The van der Waals surface area contributed by atoms with Gasteiger partial charge in [-0.1, -0.05) is 18.2 Å². The van der Waals surface area contributed by atoms with E-state index in [1.807, 2.05) is 18.2 Å². The number of rotatable bonds is 7. The van der Waals surface area contributed by atoms with Gasteiger partial charge in [-0.15, -0.1) is 0 Å². The Morgan fingerprint density at radius 2 is 2.15 bits per heavy atom. The molecule has 1 N–H and O–H groups in total. The van der Waals surface area contributed by atoms with E-state index in [-0.39, 0.29) is 6.42 Å². The van der Waals surface area contributed by atoms with Crippen LogP contribution >= 0.6 is 0 Å². The second-order valence-corrected chi connectivity index (χ2v) is 5.36. The van der Waals surface area contributed by atoms with Crippen LogP contribution in [0.4, 0.5) is 5.69 Å². The van der Waals surface area contributed by atoms with Gasteiger partial charge in [-0.3, -0.25) is 4.79 Å². The van der Waals surface area contributed by atoms with Crippen molar-refractivity contribution in [3.8, 4) is 0 Å². The summed E-state index contributed by atoms with van der Waals surface area (Å²) >= 11 is 0. The number of carboxylic acids is 1. The molecule has 1 fully saturated rings. The lowest BCUT2D eigenvalue weighted by Gasteiger charge is -2.31. The highest BCUT2D eigenvalue weighted by Crippen LogP contribution is 2.20. The number of carbonyl (C=O) groups is 1. The largest absolute Gasteiger partial charge is 0.481 e. The molecule has 20 heavy (non-hydrogen) atoms. The molecule has 0 aromatic heterocycles. The van der Waals surface area contributed by atoms with Crippen LogP contribution in [-0.4, -0.2) is 37.4 Å². The zero-order chi connectivity index (χ0) is 14.2. The van der Waals surface area contributed by atoms with Gasteiger partial charge >= 0.3 is 5.97 Å². The number of hydrogen-bond acceptors (Lipinski definition) is 3. The standard InChI is InChI=1S/C16H23NO3/c18-16(19)9-4-10-17(15-7-2-1-3-8-15)12-14-6-5-11-20-13-14/h1-3,7-8,14H,4-6,9-13H2,(H,18,19). The Morgan fingerprint density at radius 1 is 1.35 bits per heavy atom. The molecule has 1 unspecified atom stereocenters. The van der Waals surface area contributed by atoms with E-state index in [1.165, 1.54) is 12.1 Å². The minimum Gasteiger partial charge on any atom is -0.481 e. The maximum atomic E-state index is 10.7. The van der Waals surface area contributed by atoms with Gasteiger partial charge in [0, 0.05) is 31.8 Å². The number of benzene rings is 1. The van der Waals surface area contributed by atoms with Gasteiger partial charge in [0.25, 0.3) is 0 Å². The lowest BCUT2D eigenvalue weighted by atomic mass is 10.0. The highest BCUT2D eigenvalue weighted by Gasteiger charge is 2.18. The Balaban J connectivity index is 1.93. The fourth-order valence-electron chi connectivity index (χ4n) is 2.65. The molecular formula is C16H23NO3.